The second kappa shape index (κ2) is 5.39. The topological polar surface area (TPSA) is 24.9 Å². The van der Waals surface area contributed by atoms with Gasteiger partial charge in [0.15, 0.2) is 0 Å². The summed E-state index contributed by atoms with van der Waals surface area (Å²) in [4.78, 5) is 4.52. The van der Waals surface area contributed by atoms with Crippen LogP contribution in [0.15, 0.2) is 60.8 Å². The summed E-state index contributed by atoms with van der Waals surface area (Å²) in [7, 11) is 1.89. The summed E-state index contributed by atoms with van der Waals surface area (Å²) in [6.07, 6.45) is 1.81. The molecule has 0 amide bonds. The normalized spacial score (nSPS) is 12.5. The van der Waals surface area contributed by atoms with Gasteiger partial charge in [0.05, 0.1) is 11.7 Å². The van der Waals surface area contributed by atoms with Crippen LogP contribution in [0, 0.1) is 5.82 Å². The molecular weight excluding hydrogens is 251 g/mol. The fourth-order valence-corrected chi connectivity index (χ4v) is 2.49. The average molecular weight is 266 g/mol. The van der Waals surface area contributed by atoms with Crippen molar-refractivity contribution < 1.29 is 4.39 Å². The Morgan fingerprint density at radius 3 is 2.50 bits per heavy atom. The van der Waals surface area contributed by atoms with Crippen molar-refractivity contribution >= 4 is 10.8 Å². The Hall–Kier alpha value is -2.26. The van der Waals surface area contributed by atoms with Gasteiger partial charge in [-0.2, -0.15) is 0 Å². The molecule has 3 rings (SSSR count). The molecule has 2 aromatic carbocycles. The first-order valence-corrected chi connectivity index (χ1v) is 6.56. The van der Waals surface area contributed by atoms with Crippen molar-refractivity contribution in [3.63, 3.8) is 0 Å². The van der Waals surface area contributed by atoms with E-state index in [9.17, 15) is 4.39 Å². The molecule has 0 aliphatic rings. The molecular formula is C17H15FN2. The van der Waals surface area contributed by atoms with Gasteiger partial charge in [0.1, 0.15) is 5.82 Å². The minimum atomic E-state index is -0.227. The van der Waals surface area contributed by atoms with Crippen LogP contribution < -0.4 is 5.32 Å². The molecule has 2 nitrogen and oxygen atoms in total. The van der Waals surface area contributed by atoms with Gasteiger partial charge >= 0.3 is 0 Å². The van der Waals surface area contributed by atoms with E-state index in [1.165, 1.54) is 12.1 Å². The molecule has 0 aliphatic carbocycles. The number of aromatic nitrogens is 1. The average Bonchev–Trinajstić information content (AvgIpc) is 2.50. The van der Waals surface area contributed by atoms with Crippen LogP contribution in [0.5, 0.6) is 0 Å². The van der Waals surface area contributed by atoms with Crippen LogP contribution >= 0.6 is 0 Å². The third kappa shape index (κ3) is 2.28. The number of benzene rings is 2. The van der Waals surface area contributed by atoms with Crippen LogP contribution in [0.3, 0.4) is 0 Å². The predicted octanol–water partition coefficient (Wildman–Crippen LogP) is 3.68. The Kier molecular flexibility index (Phi) is 3.44. The quantitative estimate of drug-likeness (QED) is 0.782. The fourth-order valence-electron chi connectivity index (χ4n) is 2.49. The number of pyridine rings is 1. The van der Waals surface area contributed by atoms with E-state index in [2.05, 4.69) is 22.4 Å². The van der Waals surface area contributed by atoms with E-state index in [1.807, 2.05) is 31.4 Å². The number of rotatable bonds is 3. The van der Waals surface area contributed by atoms with Crippen molar-refractivity contribution in [2.45, 2.75) is 6.04 Å². The summed E-state index contributed by atoms with van der Waals surface area (Å²) >= 11 is 0. The predicted molar refractivity (Wildman–Crippen MR) is 79.0 cm³/mol. The highest BCUT2D eigenvalue weighted by molar-refractivity contribution is 5.85. The number of nitrogens with one attached hydrogen (secondary N) is 1. The van der Waals surface area contributed by atoms with E-state index >= 15 is 0 Å². The Balaban J connectivity index is 2.14. The summed E-state index contributed by atoms with van der Waals surface area (Å²) in [5.41, 5.74) is 1.95. The van der Waals surface area contributed by atoms with Crippen LogP contribution in [0.2, 0.25) is 0 Å². The van der Waals surface area contributed by atoms with Crippen LogP contribution in [0.1, 0.15) is 17.3 Å². The van der Waals surface area contributed by atoms with Crippen molar-refractivity contribution in [2.75, 3.05) is 7.05 Å². The van der Waals surface area contributed by atoms with E-state index in [4.69, 9.17) is 0 Å². The number of halogens is 1. The van der Waals surface area contributed by atoms with Gasteiger partial charge in [0.2, 0.25) is 0 Å². The lowest BCUT2D eigenvalue weighted by atomic mass is 9.99. The van der Waals surface area contributed by atoms with E-state index in [0.29, 0.717) is 0 Å². The summed E-state index contributed by atoms with van der Waals surface area (Å²) in [5.74, 6) is -0.227. The number of fused-ring (bicyclic) bond motifs is 1. The lowest BCUT2D eigenvalue weighted by Crippen LogP contribution is -2.19. The van der Waals surface area contributed by atoms with Gasteiger partial charge in [-0.1, -0.05) is 36.4 Å². The highest BCUT2D eigenvalue weighted by atomic mass is 19.1. The molecule has 0 fully saturated rings. The Morgan fingerprint density at radius 2 is 1.75 bits per heavy atom. The molecule has 0 saturated heterocycles. The van der Waals surface area contributed by atoms with Gasteiger partial charge < -0.3 is 5.32 Å². The molecule has 1 heterocycles. The zero-order valence-corrected chi connectivity index (χ0v) is 11.2. The van der Waals surface area contributed by atoms with Gasteiger partial charge in [-0.25, -0.2) is 4.39 Å². The number of hydrogen-bond acceptors (Lipinski definition) is 2. The second-order valence-electron chi connectivity index (χ2n) is 4.69. The fraction of sp³-hybridized carbons (Fsp3) is 0.118. The maximum Gasteiger partial charge on any atom is 0.123 e. The van der Waals surface area contributed by atoms with Crippen molar-refractivity contribution in [3.05, 3.63) is 77.9 Å². The molecule has 1 atom stereocenters. The van der Waals surface area contributed by atoms with E-state index in [-0.39, 0.29) is 11.9 Å². The monoisotopic (exact) mass is 266 g/mol. The zero-order valence-electron chi connectivity index (χ0n) is 11.2. The number of nitrogens with zero attached hydrogens (tertiary/aromatic N) is 1. The van der Waals surface area contributed by atoms with Crippen LogP contribution in [-0.4, -0.2) is 12.0 Å². The Bertz CT molecular complexity index is 717. The molecule has 100 valence electrons. The van der Waals surface area contributed by atoms with Crippen LogP contribution in [-0.2, 0) is 0 Å². The number of hydrogen-bond donors (Lipinski definition) is 1. The molecule has 0 spiro atoms. The smallest absolute Gasteiger partial charge is 0.123 e. The lowest BCUT2D eigenvalue weighted by molar-refractivity contribution is 0.622. The standard InChI is InChI=1S/C17H15FN2/c1-19-16(13-6-8-14(18)9-7-13)17-15-5-3-2-4-12(15)10-11-20-17/h2-11,16,19H,1H3. The van der Waals surface area contributed by atoms with Crippen LogP contribution in [0.25, 0.3) is 10.8 Å². The van der Waals surface area contributed by atoms with E-state index in [1.54, 1.807) is 12.1 Å². The molecule has 0 saturated carbocycles. The first-order valence-electron chi connectivity index (χ1n) is 6.56. The first kappa shape index (κ1) is 12.8. The zero-order chi connectivity index (χ0) is 13.9. The molecule has 1 aromatic heterocycles. The van der Waals surface area contributed by atoms with Gasteiger partial charge in [0.25, 0.3) is 0 Å². The molecule has 20 heavy (non-hydrogen) atoms. The Labute approximate surface area is 117 Å². The van der Waals surface area contributed by atoms with Gasteiger partial charge in [-0.05, 0) is 36.2 Å². The second-order valence-corrected chi connectivity index (χ2v) is 4.69. The molecule has 3 aromatic rings. The SMILES string of the molecule is CNC(c1ccc(F)cc1)c1nccc2ccccc12. The first-order chi connectivity index (χ1) is 9.79. The largest absolute Gasteiger partial charge is 0.308 e. The summed E-state index contributed by atoms with van der Waals surface area (Å²) in [6, 6.07) is 16.6. The van der Waals surface area contributed by atoms with Crippen molar-refractivity contribution in [1.29, 1.82) is 0 Å². The Morgan fingerprint density at radius 1 is 1.00 bits per heavy atom. The van der Waals surface area contributed by atoms with Crippen molar-refractivity contribution in [2.24, 2.45) is 0 Å². The summed E-state index contributed by atoms with van der Waals surface area (Å²) in [5, 5.41) is 5.52. The van der Waals surface area contributed by atoms with Crippen molar-refractivity contribution in [1.82, 2.24) is 10.3 Å². The lowest BCUT2D eigenvalue weighted by Gasteiger charge is -2.18. The van der Waals surface area contributed by atoms with Gasteiger partial charge in [0, 0.05) is 11.6 Å². The molecule has 1 unspecified atom stereocenters. The van der Waals surface area contributed by atoms with Crippen molar-refractivity contribution in [3.8, 4) is 0 Å². The van der Waals surface area contributed by atoms with E-state index in [0.717, 1.165) is 22.0 Å². The van der Waals surface area contributed by atoms with Crippen LogP contribution in [0.4, 0.5) is 4.39 Å². The maximum atomic E-state index is 13.1. The highest BCUT2D eigenvalue weighted by Gasteiger charge is 2.16. The molecule has 0 aliphatic heterocycles. The van der Waals surface area contributed by atoms with Gasteiger partial charge in [-0.3, -0.25) is 4.98 Å². The molecule has 0 radical (unpaired) electrons. The molecule has 0 bridgehead atoms. The highest BCUT2D eigenvalue weighted by Crippen LogP contribution is 2.26. The summed E-state index contributed by atoms with van der Waals surface area (Å²) in [6.45, 7) is 0. The maximum absolute atomic E-state index is 13.1. The third-order valence-corrected chi connectivity index (χ3v) is 3.47. The van der Waals surface area contributed by atoms with E-state index < -0.39 is 0 Å². The molecule has 1 N–H and O–H groups in total. The third-order valence-electron chi connectivity index (χ3n) is 3.47. The minimum absolute atomic E-state index is 0.0540. The summed E-state index contributed by atoms with van der Waals surface area (Å²) < 4.78 is 13.1. The minimum Gasteiger partial charge on any atom is -0.308 e. The molecule has 3 heteroatoms. The van der Waals surface area contributed by atoms with Gasteiger partial charge in [-0.15, -0.1) is 0 Å².